The van der Waals surface area contributed by atoms with E-state index in [0.717, 1.165) is 49.4 Å². The summed E-state index contributed by atoms with van der Waals surface area (Å²) in [4.78, 5) is 14.7. The van der Waals surface area contributed by atoms with Gasteiger partial charge in [0.15, 0.2) is 0 Å². The average molecular weight is 467 g/mol. The second-order valence-electron chi connectivity index (χ2n) is 9.38. The van der Waals surface area contributed by atoms with Crippen molar-refractivity contribution in [2.45, 2.75) is 66.4 Å². The fourth-order valence-corrected chi connectivity index (χ4v) is 3.63. The highest BCUT2D eigenvalue weighted by Crippen LogP contribution is 2.24. The Hall–Kier alpha value is -3.13. The summed E-state index contributed by atoms with van der Waals surface area (Å²) in [5.74, 6) is 0.803. The molecule has 0 saturated heterocycles. The molecule has 0 amide bonds. The molecule has 8 heteroatoms. The van der Waals surface area contributed by atoms with Gasteiger partial charge in [-0.1, -0.05) is 20.3 Å². The molecule has 0 aliphatic rings. The Bertz CT molecular complexity index is 1120. The number of hydrogen-bond donors (Lipinski definition) is 3. The first-order valence-electron chi connectivity index (χ1n) is 12.1. The summed E-state index contributed by atoms with van der Waals surface area (Å²) >= 11 is 0. The number of anilines is 2. The number of rotatable bonds is 12. The molecule has 0 aliphatic heterocycles. The fourth-order valence-electron chi connectivity index (χ4n) is 3.63. The second-order valence-corrected chi connectivity index (χ2v) is 9.38. The SMILES string of the molecule is CCCCN(CCC)c1cc(/C=N/Nc2ccc3[nH]c(C)c(C)c3c2)nc(OCC(C)(C)O)n1. The Morgan fingerprint density at radius 2 is 1.94 bits per heavy atom. The van der Waals surface area contributed by atoms with Crippen molar-refractivity contribution in [3.63, 3.8) is 0 Å². The van der Waals surface area contributed by atoms with Gasteiger partial charge in [-0.05, 0) is 64.3 Å². The van der Waals surface area contributed by atoms with Crippen LogP contribution in [0.25, 0.3) is 10.9 Å². The molecule has 1 aromatic carbocycles. The van der Waals surface area contributed by atoms with Gasteiger partial charge in [0, 0.05) is 35.8 Å². The molecule has 8 nitrogen and oxygen atoms in total. The Morgan fingerprint density at radius 1 is 1.15 bits per heavy atom. The van der Waals surface area contributed by atoms with Gasteiger partial charge >= 0.3 is 6.01 Å². The van der Waals surface area contributed by atoms with Gasteiger partial charge in [-0.3, -0.25) is 5.43 Å². The molecule has 0 unspecified atom stereocenters. The number of ether oxygens (including phenoxy) is 1. The minimum atomic E-state index is -0.978. The van der Waals surface area contributed by atoms with Crippen LogP contribution in [0, 0.1) is 13.8 Å². The quantitative estimate of drug-likeness (QED) is 0.251. The van der Waals surface area contributed by atoms with Gasteiger partial charge in [0.05, 0.1) is 23.2 Å². The Balaban J connectivity index is 1.84. The van der Waals surface area contributed by atoms with Crippen LogP contribution in [0.4, 0.5) is 11.5 Å². The molecule has 0 atom stereocenters. The number of H-pyrrole nitrogens is 1. The molecule has 0 saturated carbocycles. The van der Waals surface area contributed by atoms with Crippen LogP contribution in [0.15, 0.2) is 29.4 Å². The lowest BCUT2D eigenvalue weighted by Gasteiger charge is -2.24. The van der Waals surface area contributed by atoms with Crippen LogP contribution in [0.2, 0.25) is 0 Å². The minimum Gasteiger partial charge on any atom is -0.460 e. The summed E-state index contributed by atoms with van der Waals surface area (Å²) in [6.07, 6.45) is 4.87. The van der Waals surface area contributed by atoms with E-state index in [4.69, 9.17) is 4.74 Å². The maximum atomic E-state index is 10.1. The number of hydrazone groups is 1. The number of nitrogens with zero attached hydrogens (tertiary/aromatic N) is 4. The van der Waals surface area contributed by atoms with Gasteiger partial charge in [-0.25, -0.2) is 0 Å². The van der Waals surface area contributed by atoms with Crippen LogP contribution >= 0.6 is 0 Å². The standard InChI is InChI=1S/C26H38N6O2/c1-7-9-13-32(12-8-2)24-15-21(29-25(30-24)34-17-26(5,6)33)16-27-31-20-10-11-23-22(14-20)18(3)19(4)28-23/h10-11,14-16,28,31,33H,7-9,12-13,17H2,1-6H3/b27-16+. The number of aliphatic hydroxyl groups is 1. The van der Waals surface area contributed by atoms with E-state index < -0.39 is 5.60 Å². The van der Waals surface area contributed by atoms with Crippen LogP contribution in [-0.4, -0.2) is 51.6 Å². The summed E-state index contributed by atoms with van der Waals surface area (Å²) in [6, 6.07) is 8.29. The molecule has 3 rings (SSSR count). The maximum Gasteiger partial charge on any atom is 0.319 e. The number of hydrogen-bond acceptors (Lipinski definition) is 7. The lowest BCUT2D eigenvalue weighted by atomic mass is 10.1. The molecular formula is C26H38N6O2. The first-order chi connectivity index (χ1) is 16.2. The van der Waals surface area contributed by atoms with E-state index in [-0.39, 0.29) is 12.6 Å². The Kier molecular flexibility index (Phi) is 8.50. The van der Waals surface area contributed by atoms with Gasteiger partial charge in [0.1, 0.15) is 12.4 Å². The molecule has 2 heterocycles. The molecule has 0 fully saturated rings. The first-order valence-corrected chi connectivity index (χ1v) is 12.1. The lowest BCUT2D eigenvalue weighted by molar-refractivity contribution is 0.0250. The largest absolute Gasteiger partial charge is 0.460 e. The molecule has 3 N–H and O–H groups in total. The third-order valence-electron chi connectivity index (χ3n) is 5.56. The summed E-state index contributed by atoms with van der Waals surface area (Å²) in [5, 5.41) is 15.7. The van der Waals surface area contributed by atoms with E-state index in [2.05, 4.69) is 70.2 Å². The van der Waals surface area contributed by atoms with Crippen LogP contribution in [0.3, 0.4) is 0 Å². The number of aromatic amines is 1. The number of aryl methyl sites for hydroxylation is 2. The van der Waals surface area contributed by atoms with Gasteiger partial charge in [-0.15, -0.1) is 0 Å². The van der Waals surface area contributed by atoms with E-state index in [1.54, 1.807) is 20.1 Å². The molecule has 3 aromatic rings. The molecule has 34 heavy (non-hydrogen) atoms. The van der Waals surface area contributed by atoms with Crippen molar-refractivity contribution < 1.29 is 9.84 Å². The third-order valence-corrected chi connectivity index (χ3v) is 5.56. The highest BCUT2D eigenvalue weighted by Gasteiger charge is 2.17. The monoisotopic (exact) mass is 466 g/mol. The van der Waals surface area contributed by atoms with Gasteiger partial charge in [-0.2, -0.15) is 15.1 Å². The fraction of sp³-hybridized carbons (Fsp3) is 0.500. The van der Waals surface area contributed by atoms with E-state index >= 15 is 0 Å². The van der Waals surface area contributed by atoms with Crippen molar-refractivity contribution >= 4 is 28.6 Å². The zero-order valence-electron chi connectivity index (χ0n) is 21.3. The second kappa shape index (κ2) is 11.3. The normalized spacial score (nSPS) is 12.0. The summed E-state index contributed by atoms with van der Waals surface area (Å²) in [5.41, 5.74) is 7.18. The molecule has 0 aliphatic carbocycles. The molecule has 184 valence electrons. The zero-order valence-corrected chi connectivity index (χ0v) is 21.3. The van der Waals surface area contributed by atoms with E-state index in [9.17, 15) is 5.11 Å². The van der Waals surface area contributed by atoms with Gasteiger partial charge in [0.2, 0.25) is 0 Å². The van der Waals surface area contributed by atoms with Crippen LogP contribution in [-0.2, 0) is 0 Å². The van der Waals surface area contributed by atoms with E-state index in [1.807, 2.05) is 12.1 Å². The minimum absolute atomic E-state index is 0.101. The predicted molar refractivity (Wildman–Crippen MR) is 140 cm³/mol. The Morgan fingerprint density at radius 3 is 2.65 bits per heavy atom. The van der Waals surface area contributed by atoms with Crippen molar-refractivity contribution in [1.82, 2.24) is 15.0 Å². The maximum absolute atomic E-state index is 10.1. The van der Waals surface area contributed by atoms with Gasteiger partial charge in [0.25, 0.3) is 0 Å². The number of nitrogens with one attached hydrogen (secondary N) is 2. The summed E-state index contributed by atoms with van der Waals surface area (Å²) in [7, 11) is 0. The highest BCUT2D eigenvalue weighted by atomic mass is 16.5. The highest BCUT2D eigenvalue weighted by molar-refractivity contribution is 5.87. The van der Waals surface area contributed by atoms with Crippen molar-refractivity contribution in [2.24, 2.45) is 5.10 Å². The van der Waals surface area contributed by atoms with Gasteiger partial charge < -0.3 is 19.7 Å². The smallest absolute Gasteiger partial charge is 0.319 e. The van der Waals surface area contributed by atoms with Crippen LogP contribution in [0.1, 0.15) is 63.9 Å². The third kappa shape index (κ3) is 6.93. The number of fused-ring (bicyclic) bond motifs is 1. The van der Waals surface area contributed by atoms with Crippen molar-refractivity contribution in [3.8, 4) is 6.01 Å². The topological polar surface area (TPSA) is 98.7 Å². The zero-order chi connectivity index (χ0) is 24.7. The molecule has 0 spiro atoms. The Labute approximate surface area is 202 Å². The number of aromatic nitrogens is 3. The van der Waals surface area contributed by atoms with Crippen LogP contribution < -0.4 is 15.1 Å². The summed E-state index contributed by atoms with van der Waals surface area (Å²) < 4.78 is 5.73. The predicted octanol–water partition coefficient (Wildman–Crippen LogP) is 5.19. The van der Waals surface area contributed by atoms with Crippen molar-refractivity contribution in [1.29, 1.82) is 0 Å². The number of benzene rings is 1. The average Bonchev–Trinajstić information content (AvgIpc) is 3.08. The van der Waals surface area contributed by atoms with E-state index in [0.29, 0.717) is 5.69 Å². The van der Waals surface area contributed by atoms with Crippen LogP contribution in [0.5, 0.6) is 6.01 Å². The summed E-state index contributed by atoms with van der Waals surface area (Å²) in [6.45, 7) is 13.8. The lowest BCUT2D eigenvalue weighted by Crippen LogP contribution is -2.29. The van der Waals surface area contributed by atoms with Crippen molar-refractivity contribution in [3.05, 3.63) is 41.2 Å². The van der Waals surface area contributed by atoms with E-state index in [1.165, 1.54) is 16.6 Å². The molecular weight excluding hydrogens is 428 g/mol. The molecule has 0 bridgehead atoms. The molecule has 2 aromatic heterocycles. The molecule has 0 radical (unpaired) electrons. The van der Waals surface area contributed by atoms with Crippen molar-refractivity contribution in [2.75, 3.05) is 30.0 Å². The first kappa shape index (κ1) is 25.5. The number of unbranched alkanes of at least 4 members (excludes halogenated alkanes) is 1.